The monoisotopic (exact) mass is 482 g/mol. The molecule has 3 aromatic rings. The summed E-state index contributed by atoms with van der Waals surface area (Å²) in [4.78, 5) is 20.9. The van der Waals surface area contributed by atoms with Crippen LogP contribution in [0, 0.1) is 5.82 Å². The fraction of sp³-hybridized carbons (Fsp3) is 0.400. The van der Waals surface area contributed by atoms with Crippen molar-refractivity contribution in [2.45, 2.75) is 50.8 Å². The number of primary amides is 1. The van der Waals surface area contributed by atoms with Gasteiger partial charge in [-0.1, -0.05) is 12.8 Å². The smallest absolute Gasteiger partial charge is 0.252 e. The Morgan fingerprint density at radius 3 is 2.71 bits per heavy atom. The van der Waals surface area contributed by atoms with Crippen LogP contribution < -0.4 is 26.8 Å². The molecule has 3 atom stereocenters. The molecule has 1 unspecified atom stereocenters. The van der Waals surface area contributed by atoms with E-state index in [2.05, 4.69) is 20.6 Å². The number of halogens is 1. The van der Waals surface area contributed by atoms with E-state index in [0.29, 0.717) is 18.2 Å². The van der Waals surface area contributed by atoms with Gasteiger partial charge in [-0.25, -0.2) is 14.4 Å². The van der Waals surface area contributed by atoms with Crippen molar-refractivity contribution in [3.63, 3.8) is 0 Å². The third kappa shape index (κ3) is 5.95. The molecule has 186 valence electrons. The number of carbonyl (C=O) groups excluding carboxylic acids is 1. The highest BCUT2D eigenvalue weighted by Gasteiger charge is 2.24. The molecule has 10 heteroatoms. The molecule has 1 fully saturated rings. The molecular formula is C25H31FN6O3. The molecule has 1 saturated carbocycles. The molecule has 0 saturated heterocycles. The van der Waals surface area contributed by atoms with Gasteiger partial charge in [0.2, 0.25) is 5.88 Å². The molecule has 0 radical (unpaired) electrons. The summed E-state index contributed by atoms with van der Waals surface area (Å²) in [7, 11) is 1.62. The van der Waals surface area contributed by atoms with Crippen LogP contribution in [0.1, 0.15) is 43.0 Å². The lowest BCUT2D eigenvalue weighted by atomic mass is 9.91. The summed E-state index contributed by atoms with van der Waals surface area (Å²) < 4.78 is 25.6. The van der Waals surface area contributed by atoms with Crippen molar-refractivity contribution in [1.82, 2.24) is 9.97 Å². The SMILES string of the molecule is COCC(C)Oc1ccc2cc(Nc3nc(N[C@@H]4CCCC[C@@H]4N)c(F)cc3C(N)=O)ccc2n1. The van der Waals surface area contributed by atoms with Crippen LogP contribution in [0.5, 0.6) is 5.88 Å². The summed E-state index contributed by atoms with van der Waals surface area (Å²) in [6.45, 7) is 2.36. The predicted molar refractivity (Wildman–Crippen MR) is 134 cm³/mol. The first-order valence-corrected chi connectivity index (χ1v) is 11.7. The molecule has 9 nitrogen and oxygen atoms in total. The van der Waals surface area contributed by atoms with E-state index in [1.807, 2.05) is 25.1 Å². The average Bonchev–Trinajstić information content (AvgIpc) is 2.82. The van der Waals surface area contributed by atoms with Crippen LogP contribution in [0.4, 0.5) is 21.7 Å². The Labute approximate surface area is 203 Å². The van der Waals surface area contributed by atoms with E-state index in [-0.39, 0.29) is 35.4 Å². The second-order valence-corrected chi connectivity index (χ2v) is 8.84. The van der Waals surface area contributed by atoms with Crippen molar-refractivity contribution in [2.24, 2.45) is 11.5 Å². The lowest BCUT2D eigenvalue weighted by Gasteiger charge is -2.30. The topological polar surface area (TPSA) is 137 Å². The number of nitrogens with two attached hydrogens (primary N) is 2. The third-order valence-corrected chi connectivity index (χ3v) is 6.03. The zero-order valence-corrected chi connectivity index (χ0v) is 19.9. The second kappa shape index (κ2) is 10.8. The van der Waals surface area contributed by atoms with E-state index in [1.54, 1.807) is 19.2 Å². The first-order valence-electron chi connectivity index (χ1n) is 11.7. The van der Waals surface area contributed by atoms with E-state index in [1.165, 1.54) is 0 Å². The predicted octanol–water partition coefficient (Wildman–Crippen LogP) is 3.71. The maximum Gasteiger partial charge on any atom is 0.252 e. The molecule has 1 amide bonds. The number of benzene rings is 1. The van der Waals surface area contributed by atoms with Crippen molar-refractivity contribution in [3.8, 4) is 5.88 Å². The molecule has 0 aliphatic heterocycles. The van der Waals surface area contributed by atoms with Gasteiger partial charge in [-0.05, 0) is 50.1 Å². The highest BCUT2D eigenvalue weighted by Crippen LogP contribution is 2.28. The van der Waals surface area contributed by atoms with Gasteiger partial charge < -0.3 is 31.6 Å². The number of nitrogens with one attached hydrogen (secondary N) is 2. The quantitative estimate of drug-likeness (QED) is 0.362. The Morgan fingerprint density at radius 1 is 1.17 bits per heavy atom. The minimum atomic E-state index is -0.783. The fourth-order valence-corrected chi connectivity index (χ4v) is 4.25. The average molecular weight is 483 g/mol. The van der Waals surface area contributed by atoms with Gasteiger partial charge in [0.25, 0.3) is 5.91 Å². The summed E-state index contributed by atoms with van der Waals surface area (Å²) in [5.74, 6) is -0.745. The molecule has 1 aromatic carbocycles. The highest BCUT2D eigenvalue weighted by atomic mass is 19.1. The number of hydrogen-bond donors (Lipinski definition) is 4. The van der Waals surface area contributed by atoms with Gasteiger partial charge in [0.05, 0.1) is 17.7 Å². The summed E-state index contributed by atoms with van der Waals surface area (Å²) in [6.07, 6.45) is 3.64. The summed E-state index contributed by atoms with van der Waals surface area (Å²) in [5, 5.41) is 7.06. The Morgan fingerprint density at radius 2 is 1.97 bits per heavy atom. The maximum atomic E-state index is 14.8. The first-order chi connectivity index (χ1) is 16.8. The number of nitrogens with zero attached hydrogens (tertiary/aromatic N) is 2. The number of fused-ring (bicyclic) bond motifs is 1. The maximum absolute atomic E-state index is 14.8. The van der Waals surface area contributed by atoms with Crippen LogP contribution in [0.25, 0.3) is 10.9 Å². The zero-order chi connectivity index (χ0) is 24.9. The molecule has 2 heterocycles. The number of aromatic nitrogens is 2. The number of methoxy groups -OCH3 is 1. The van der Waals surface area contributed by atoms with Crippen LogP contribution >= 0.6 is 0 Å². The molecule has 1 aliphatic carbocycles. The Hall–Kier alpha value is -3.50. The second-order valence-electron chi connectivity index (χ2n) is 8.84. The molecule has 1 aliphatic rings. The molecule has 4 rings (SSSR count). The summed E-state index contributed by atoms with van der Waals surface area (Å²) in [6, 6.07) is 10.0. The molecular weight excluding hydrogens is 451 g/mol. The minimum absolute atomic E-state index is 0.0364. The van der Waals surface area contributed by atoms with E-state index < -0.39 is 11.7 Å². The van der Waals surface area contributed by atoms with Gasteiger partial charge in [0.1, 0.15) is 11.9 Å². The van der Waals surface area contributed by atoms with Crippen molar-refractivity contribution >= 4 is 34.1 Å². The Balaban J connectivity index is 1.58. The van der Waals surface area contributed by atoms with Gasteiger partial charge in [0, 0.05) is 36.3 Å². The largest absolute Gasteiger partial charge is 0.472 e. The highest BCUT2D eigenvalue weighted by molar-refractivity contribution is 5.99. The van der Waals surface area contributed by atoms with Crippen LogP contribution in [0.2, 0.25) is 0 Å². The van der Waals surface area contributed by atoms with Gasteiger partial charge in [-0.2, -0.15) is 0 Å². The summed E-state index contributed by atoms with van der Waals surface area (Å²) >= 11 is 0. The number of hydrogen-bond acceptors (Lipinski definition) is 8. The number of pyridine rings is 2. The molecule has 0 bridgehead atoms. The van der Waals surface area contributed by atoms with Crippen LogP contribution in [-0.4, -0.2) is 47.8 Å². The Kier molecular flexibility index (Phi) is 7.62. The van der Waals surface area contributed by atoms with E-state index in [4.69, 9.17) is 20.9 Å². The standard InChI is InChI=1S/C25H31FN6O3/c1-14(13-34-2)35-22-10-7-15-11-16(8-9-20(15)30-22)29-24-17(23(28)33)12-18(26)25(32-24)31-21-6-4-3-5-19(21)27/h7-12,14,19,21H,3-6,13,27H2,1-2H3,(H2,28,33)(H2,29,31,32)/t14?,19-,21+/m0/s1. The number of rotatable bonds is 9. The van der Waals surface area contributed by atoms with E-state index >= 15 is 0 Å². The lowest BCUT2D eigenvalue weighted by Crippen LogP contribution is -2.43. The molecule has 0 spiro atoms. The van der Waals surface area contributed by atoms with Crippen molar-refractivity contribution in [2.75, 3.05) is 24.4 Å². The van der Waals surface area contributed by atoms with Gasteiger partial charge in [0.15, 0.2) is 11.6 Å². The van der Waals surface area contributed by atoms with Crippen LogP contribution in [0.15, 0.2) is 36.4 Å². The van der Waals surface area contributed by atoms with Crippen LogP contribution in [-0.2, 0) is 4.74 Å². The van der Waals surface area contributed by atoms with Crippen molar-refractivity contribution < 1.29 is 18.7 Å². The van der Waals surface area contributed by atoms with Gasteiger partial charge >= 0.3 is 0 Å². The molecule has 6 N–H and O–H groups in total. The normalized spacial score (nSPS) is 18.7. The number of amides is 1. The lowest BCUT2D eigenvalue weighted by molar-refractivity contribution is 0.0892. The molecule has 2 aromatic heterocycles. The Bertz CT molecular complexity index is 1210. The molecule has 35 heavy (non-hydrogen) atoms. The van der Waals surface area contributed by atoms with Crippen molar-refractivity contribution in [1.29, 1.82) is 0 Å². The number of anilines is 3. The first kappa shape index (κ1) is 24.6. The van der Waals surface area contributed by atoms with Gasteiger partial charge in [-0.15, -0.1) is 0 Å². The third-order valence-electron chi connectivity index (χ3n) is 6.03. The minimum Gasteiger partial charge on any atom is -0.472 e. The fourth-order valence-electron chi connectivity index (χ4n) is 4.25. The van der Waals surface area contributed by atoms with Crippen LogP contribution in [0.3, 0.4) is 0 Å². The van der Waals surface area contributed by atoms with Gasteiger partial charge in [-0.3, -0.25) is 4.79 Å². The van der Waals surface area contributed by atoms with Crippen molar-refractivity contribution in [3.05, 3.63) is 47.8 Å². The number of ether oxygens (including phenoxy) is 2. The number of carbonyl (C=O) groups is 1. The van der Waals surface area contributed by atoms with E-state index in [0.717, 1.165) is 42.7 Å². The summed E-state index contributed by atoms with van der Waals surface area (Å²) in [5.41, 5.74) is 13.0. The van der Waals surface area contributed by atoms with E-state index in [9.17, 15) is 9.18 Å². The zero-order valence-electron chi connectivity index (χ0n) is 19.9.